The minimum atomic E-state index is -0.284. The molecule has 0 saturated heterocycles. The van der Waals surface area contributed by atoms with Gasteiger partial charge in [0.25, 0.3) is 0 Å². The predicted octanol–water partition coefficient (Wildman–Crippen LogP) is 5.01. The average molecular weight is 394 g/mol. The number of nitrogens with one attached hydrogen (secondary N) is 1. The Hall–Kier alpha value is -0.650. The molecule has 2 rings (SSSR count). The van der Waals surface area contributed by atoms with Crippen molar-refractivity contribution < 1.29 is 4.39 Å². The highest BCUT2D eigenvalue weighted by atomic mass is 79.9. The van der Waals surface area contributed by atoms with Gasteiger partial charge in [0.1, 0.15) is 5.82 Å². The second-order valence-electron chi connectivity index (χ2n) is 3.59. The van der Waals surface area contributed by atoms with Crippen molar-refractivity contribution in [3.8, 4) is 0 Å². The topological polar surface area (TPSA) is 24.9 Å². The molecule has 0 unspecified atom stereocenters. The number of benzene rings is 1. The zero-order valence-electron chi connectivity index (χ0n) is 9.05. The van der Waals surface area contributed by atoms with Crippen molar-refractivity contribution in [3.05, 3.63) is 55.9 Å². The molecule has 0 fully saturated rings. The van der Waals surface area contributed by atoms with Gasteiger partial charge in [-0.3, -0.25) is 0 Å². The molecule has 0 saturated carbocycles. The van der Waals surface area contributed by atoms with Gasteiger partial charge in [0.05, 0.1) is 10.2 Å². The first-order chi connectivity index (χ1) is 8.56. The van der Waals surface area contributed by atoms with Gasteiger partial charge < -0.3 is 5.32 Å². The third kappa shape index (κ3) is 3.43. The maximum absolute atomic E-state index is 13.3. The molecule has 0 aliphatic heterocycles. The second kappa shape index (κ2) is 5.99. The van der Waals surface area contributed by atoms with E-state index in [1.807, 2.05) is 12.1 Å². The maximum Gasteiger partial charge on any atom is 0.152 e. The summed E-state index contributed by atoms with van der Waals surface area (Å²) in [5.41, 5.74) is 1.53. The van der Waals surface area contributed by atoms with E-state index in [1.165, 1.54) is 6.07 Å². The molecule has 94 valence electrons. The van der Waals surface area contributed by atoms with Crippen molar-refractivity contribution in [1.29, 1.82) is 0 Å². The van der Waals surface area contributed by atoms with Crippen LogP contribution in [0.2, 0.25) is 5.15 Å². The van der Waals surface area contributed by atoms with Crippen LogP contribution in [0.4, 0.5) is 10.1 Å². The Bertz CT molecular complexity index is 578. The molecular weight excluding hydrogens is 386 g/mol. The van der Waals surface area contributed by atoms with Crippen LogP contribution in [0.15, 0.2) is 39.4 Å². The Morgan fingerprint density at radius 3 is 2.78 bits per heavy atom. The molecule has 6 heteroatoms. The van der Waals surface area contributed by atoms with Crippen molar-refractivity contribution in [2.75, 3.05) is 5.32 Å². The molecule has 0 radical (unpaired) electrons. The Labute approximate surface area is 126 Å². The van der Waals surface area contributed by atoms with E-state index in [2.05, 4.69) is 42.2 Å². The van der Waals surface area contributed by atoms with Crippen LogP contribution in [-0.4, -0.2) is 4.98 Å². The Morgan fingerprint density at radius 2 is 2.06 bits per heavy atom. The molecule has 0 atom stereocenters. The number of aromatic nitrogens is 1. The van der Waals surface area contributed by atoms with Crippen LogP contribution in [0.3, 0.4) is 0 Å². The van der Waals surface area contributed by atoms with E-state index in [0.717, 1.165) is 10.0 Å². The fourth-order valence-corrected chi connectivity index (χ4v) is 2.14. The third-order valence-corrected chi connectivity index (χ3v) is 3.65. The first-order valence-electron chi connectivity index (χ1n) is 5.05. The van der Waals surface area contributed by atoms with Crippen LogP contribution >= 0.6 is 43.5 Å². The molecule has 1 aromatic heterocycles. The lowest BCUT2D eigenvalue weighted by atomic mass is 10.2. The molecule has 0 aliphatic rings. The average Bonchev–Trinajstić information content (AvgIpc) is 2.34. The van der Waals surface area contributed by atoms with Gasteiger partial charge in [-0.15, -0.1) is 0 Å². The van der Waals surface area contributed by atoms with E-state index in [4.69, 9.17) is 11.6 Å². The summed E-state index contributed by atoms with van der Waals surface area (Å²) in [7, 11) is 0. The summed E-state index contributed by atoms with van der Waals surface area (Å²) in [6.45, 7) is 0.474. The summed E-state index contributed by atoms with van der Waals surface area (Å²) in [6.07, 6.45) is 1.62. The van der Waals surface area contributed by atoms with Gasteiger partial charge in [-0.1, -0.05) is 17.7 Å². The highest BCUT2D eigenvalue weighted by molar-refractivity contribution is 9.10. The van der Waals surface area contributed by atoms with Crippen molar-refractivity contribution in [2.24, 2.45) is 0 Å². The minimum Gasteiger partial charge on any atom is -0.378 e. The van der Waals surface area contributed by atoms with Crippen LogP contribution < -0.4 is 5.32 Å². The van der Waals surface area contributed by atoms with E-state index in [9.17, 15) is 4.39 Å². The van der Waals surface area contributed by atoms with Gasteiger partial charge in [0, 0.05) is 17.2 Å². The van der Waals surface area contributed by atoms with Gasteiger partial charge in [-0.25, -0.2) is 9.37 Å². The lowest BCUT2D eigenvalue weighted by Gasteiger charge is -2.08. The normalized spacial score (nSPS) is 10.4. The van der Waals surface area contributed by atoms with Gasteiger partial charge in [0.15, 0.2) is 5.15 Å². The number of rotatable bonds is 3. The summed E-state index contributed by atoms with van der Waals surface area (Å²) >= 11 is 12.4. The van der Waals surface area contributed by atoms with Crippen molar-refractivity contribution in [1.82, 2.24) is 4.98 Å². The Kier molecular flexibility index (Phi) is 4.59. The molecule has 18 heavy (non-hydrogen) atoms. The van der Waals surface area contributed by atoms with E-state index < -0.39 is 0 Å². The summed E-state index contributed by atoms with van der Waals surface area (Å²) in [4.78, 5) is 4.00. The summed E-state index contributed by atoms with van der Waals surface area (Å²) in [6, 6.07) is 6.80. The molecule has 2 nitrogen and oxygen atoms in total. The third-order valence-electron chi connectivity index (χ3n) is 2.27. The van der Waals surface area contributed by atoms with Crippen molar-refractivity contribution in [2.45, 2.75) is 6.54 Å². The lowest BCUT2D eigenvalue weighted by Crippen LogP contribution is -2.01. The summed E-state index contributed by atoms with van der Waals surface area (Å²) < 4.78 is 14.6. The van der Waals surface area contributed by atoms with Crippen molar-refractivity contribution in [3.63, 3.8) is 0 Å². The number of pyridine rings is 1. The Balaban J connectivity index is 2.11. The molecule has 1 N–H and O–H groups in total. The summed E-state index contributed by atoms with van der Waals surface area (Å²) in [5, 5.41) is 3.50. The quantitative estimate of drug-likeness (QED) is 0.740. The molecule has 1 aromatic carbocycles. The van der Waals surface area contributed by atoms with E-state index in [-0.39, 0.29) is 5.82 Å². The molecular formula is C12H8Br2ClFN2. The number of halogens is 4. The Morgan fingerprint density at radius 1 is 1.28 bits per heavy atom. The maximum atomic E-state index is 13.3. The van der Waals surface area contributed by atoms with E-state index in [1.54, 1.807) is 12.3 Å². The number of anilines is 1. The fraction of sp³-hybridized carbons (Fsp3) is 0.0833. The summed E-state index contributed by atoms with van der Waals surface area (Å²) in [5.74, 6) is -0.284. The van der Waals surface area contributed by atoms with Crippen LogP contribution in [0.1, 0.15) is 5.56 Å². The first kappa shape index (κ1) is 13.8. The second-order valence-corrected chi connectivity index (χ2v) is 5.72. The van der Waals surface area contributed by atoms with Gasteiger partial charge in [0.2, 0.25) is 0 Å². The molecule has 0 amide bonds. The zero-order valence-corrected chi connectivity index (χ0v) is 13.0. The van der Waals surface area contributed by atoms with Crippen LogP contribution in [-0.2, 0) is 6.54 Å². The van der Waals surface area contributed by atoms with Gasteiger partial charge in [-0.05, 0) is 55.6 Å². The smallest absolute Gasteiger partial charge is 0.152 e. The SMILES string of the molecule is Fc1cc(CNc2cc(Br)cnc2Cl)ccc1Br. The molecule has 0 bridgehead atoms. The predicted molar refractivity (Wildman–Crippen MR) is 78.4 cm³/mol. The highest BCUT2D eigenvalue weighted by Gasteiger charge is 2.04. The lowest BCUT2D eigenvalue weighted by molar-refractivity contribution is 0.619. The van der Waals surface area contributed by atoms with Gasteiger partial charge in [-0.2, -0.15) is 0 Å². The number of nitrogens with zero attached hydrogens (tertiary/aromatic N) is 1. The zero-order chi connectivity index (χ0) is 13.1. The van der Waals surface area contributed by atoms with Crippen LogP contribution in [0.5, 0.6) is 0 Å². The monoisotopic (exact) mass is 392 g/mol. The van der Waals surface area contributed by atoms with Gasteiger partial charge >= 0.3 is 0 Å². The molecule has 2 aromatic rings. The van der Waals surface area contributed by atoms with E-state index >= 15 is 0 Å². The highest BCUT2D eigenvalue weighted by Crippen LogP contribution is 2.24. The number of hydrogen-bond donors (Lipinski definition) is 1. The minimum absolute atomic E-state index is 0.284. The fourth-order valence-electron chi connectivity index (χ4n) is 1.39. The largest absolute Gasteiger partial charge is 0.378 e. The standard InChI is InChI=1S/C12H8Br2ClFN2/c13-8-4-11(12(15)18-6-8)17-5-7-1-2-9(14)10(16)3-7/h1-4,6,17H,5H2. The first-order valence-corrected chi connectivity index (χ1v) is 7.01. The molecule has 1 heterocycles. The van der Waals surface area contributed by atoms with E-state index in [0.29, 0.717) is 21.9 Å². The van der Waals surface area contributed by atoms with Crippen molar-refractivity contribution >= 4 is 49.1 Å². The molecule has 0 aliphatic carbocycles. The number of hydrogen-bond acceptors (Lipinski definition) is 2. The molecule has 0 spiro atoms. The van der Waals surface area contributed by atoms with Crippen LogP contribution in [0.25, 0.3) is 0 Å². The van der Waals surface area contributed by atoms with Crippen LogP contribution in [0, 0.1) is 5.82 Å².